The molecule has 0 aliphatic rings. The van der Waals surface area contributed by atoms with Crippen molar-refractivity contribution in [2.75, 3.05) is 13.2 Å². The molecule has 0 saturated heterocycles. The topological polar surface area (TPSA) is 80.9 Å². The predicted octanol–water partition coefficient (Wildman–Crippen LogP) is 0.0944. The lowest BCUT2D eigenvalue weighted by Crippen LogP contribution is -2.43. The molecule has 0 aliphatic heterocycles. The van der Waals surface area contributed by atoms with Crippen LogP contribution in [0.2, 0.25) is 0 Å². The average molecular weight is 206 g/mol. The zero-order valence-corrected chi connectivity index (χ0v) is 9.19. The summed E-state index contributed by atoms with van der Waals surface area (Å²) >= 11 is 0. The van der Waals surface area contributed by atoms with Gasteiger partial charge in [-0.1, -0.05) is 20.8 Å². The molecule has 0 aliphatic carbocycles. The largest absolute Gasteiger partial charge is 0.396 e. The van der Waals surface area contributed by atoms with E-state index in [9.17, 15) is 10.2 Å². The van der Waals surface area contributed by atoms with Gasteiger partial charge in [-0.05, 0) is 18.3 Å². The second kappa shape index (κ2) is 5.07. The molecule has 14 heavy (non-hydrogen) atoms. The van der Waals surface area contributed by atoms with Crippen molar-refractivity contribution in [3.8, 4) is 0 Å². The van der Waals surface area contributed by atoms with E-state index in [0.717, 1.165) is 6.42 Å². The smallest absolute Gasteiger partial charge is 0.191 e. The fourth-order valence-electron chi connectivity index (χ4n) is 1.20. The predicted molar refractivity (Wildman–Crippen MR) is 53.5 cm³/mol. The van der Waals surface area contributed by atoms with E-state index in [1.54, 1.807) is 0 Å². The van der Waals surface area contributed by atoms with Gasteiger partial charge in [0.05, 0.1) is 13.2 Å². The Morgan fingerprint density at radius 3 is 1.86 bits per heavy atom. The van der Waals surface area contributed by atoms with E-state index >= 15 is 0 Å². The molecule has 0 aromatic carbocycles. The molecule has 4 nitrogen and oxygen atoms in total. The van der Waals surface area contributed by atoms with E-state index < -0.39 is 18.3 Å². The van der Waals surface area contributed by atoms with Crippen molar-refractivity contribution < 1.29 is 20.4 Å². The van der Waals surface area contributed by atoms with Crippen molar-refractivity contribution >= 4 is 0 Å². The maximum absolute atomic E-state index is 9.33. The Morgan fingerprint density at radius 1 is 1.07 bits per heavy atom. The van der Waals surface area contributed by atoms with E-state index in [1.165, 1.54) is 0 Å². The van der Waals surface area contributed by atoms with Gasteiger partial charge < -0.3 is 20.4 Å². The van der Waals surface area contributed by atoms with Gasteiger partial charge in [-0.25, -0.2) is 0 Å². The standard InChI is InChI=1S/C10H22O4/c1-9(2,3)5-4-8(6-11)10(13,14)7-12/h8,11-14H,4-7H2,1-3H3. The first-order chi connectivity index (χ1) is 6.23. The third-order valence-corrected chi connectivity index (χ3v) is 2.35. The highest BCUT2D eigenvalue weighted by Crippen LogP contribution is 2.27. The zero-order valence-electron chi connectivity index (χ0n) is 9.19. The van der Waals surface area contributed by atoms with E-state index in [-0.39, 0.29) is 12.0 Å². The van der Waals surface area contributed by atoms with Gasteiger partial charge in [-0.15, -0.1) is 0 Å². The number of rotatable bonds is 5. The summed E-state index contributed by atoms with van der Waals surface area (Å²) in [6.45, 7) is 5.04. The quantitative estimate of drug-likeness (QED) is 0.481. The summed E-state index contributed by atoms with van der Waals surface area (Å²) in [5.74, 6) is -2.85. The minimum absolute atomic E-state index is 0.0823. The first-order valence-electron chi connectivity index (χ1n) is 4.89. The Labute approximate surface area is 85.2 Å². The molecule has 0 heterocycles. The van der Waals surface area contributed by atoms with Crippen LogP contribution in [0.3, 0.4) is 0 Å². The van der Waals surface area contributed by atoms with Crippen LogP contribution in [-0.4, -0.2) is 39.4 Å². The van der Waals surface area contributed by atoms with Crippen LogP contribution in [0.15, 0.2) is 0 Å². The molecule has 0 aromatic rings. The van der Waals surface area contributed by atoms with Gasteiger partial charge in [0.25, 0.3) is 0 Å². The van der Waals surface area contributed by atoms with Gasteiger partial charge in [-0.3, -0.25) is 0 Å². The molecular formula is C10H22O4. The maximum atomic E-state index is 9.33. The Hall–Kier alpha value is -0.160. The molecule has 0 spiro atoms. The molecular weight excluding hydrogens is 184 g/mol. The highest BCUT2D eigenvalue weighted by Gasteiger charge is 2.33. The van der Waals surface area contributed by atoms with Gasteiger partial charge in [0.1, 0.15) is 0 Å². The van der Waals surface area contributed by atoms with E-state index in [1.807, 2.05) is 20.8 Å². The van der Waals surface area contributed by atoms with Gasteiger partial charge >= 0.3 is 0 Å². The molecule has 1 atom stereocenters. The first kappa shape index (κ1) is 13.8. The van der Waals surface area contributed by atoms with Crippen LogP contribution in [-0.2, 0) is 0 Å². The lowest BCUT2D eigenvalue weighted by Gasteiger charge is -2.30. The fraction of sp³-hybridized carbons (Fsp3) is 1.00. The molecule has 4 N–H and O–H groups in total. The lowest BCUT2D eigenvalue weighted by molar-refractivity contribution is -0.231. The van der Waals surface area contributed by atoms with Crippen LogP contribution in [0, 0.1) is 11.3 Å². The maximum Gasteiger partial charge on any atom is 0.191 e. The SMILES string of the molecule is CC(C)(C)CCC(CO)C(O)(O)CO. The van der Waals surface area contributed by atoms with Crippen molar-refractivity contribution in [3.63, 3.8) is 0 Å². The van der Waals surface area contributed by atoms with Gasteiger partial charge in [0.15, 0.2) is 5.79 Å². The van der Waals surface area contributed by atoms with Crippen LogP contribution < -0.4 is 0 Å². The summed E-state index contributed by atoms with van der Waals surface area (Å²) in [5, 5.41) is 36.3. The first-order valence-corrected chi connectivity index (χ1v) is 4.89. The summed E-state index contributed by atoms with van der Waals surface area (Å²) in [6, 6.07) is 0. The van der Waals surface area contributed by atoms with E-state index in [4.69, 9.17) is 10.2 Å². The highest BCUT2D eigenvalue weighted by atomic mass is 16.5. The summed E-state index contributed by atoms with van der Waals surface area (Å²) < 4.78 is 0. The number of hydrogen-bond acceptors (Lipinski definition) is 4. The molecule has 4 heteroatoms. The third-order valence-electron chi connectivity index (χ3n) is 2.35. The van der Waals surface area contributed by atoms with Gasteiger partial charge in [0.2, 0.25) is 0 Å². The Bertz CT molecular complexity index is 160. The van der Waals surface area contributed by atoms with E-state index in [0.29, 0.717) is 6.42 Å². The Morgan fingerprint density at radius 2 is 1.57 bits per heavy atom. The molecule has 0 rings (SSSR count). The van der Waals surface area contributed by atoms with E-state index in [2.05, 4.69) is 0 Å². The molecule has 1 unspecified atom stereocenters. The summed E-state index contributed by atoms with van der Waals surface area (Å²) in [5.41, 5.74) is 0.0823. The molecule has 86 valence electrons. The minimum atomic E-state index is -2.17. The molecule has 0 bridgehead atoms. The van der Waals surface area contributed by atoms with Gasteiger partial charge in [0, 0.05) is 5.92 Å². The van der Waals surface area contributed by atoms with Crippen LogP contribution in [0.4, 0.5) is 0 Å². The van der Waals surface area contributed by atoms with Crippen LogP contribution in [0.5, 0.6) is 0 Å². The molecule has 0 saturated carbocycles. The second-order valence-electron chi connectivity index (χ2n) is 5.02. The lowest BCUT2D eigenvalue weighted by atomic mass is 9.84. The highest BCUT2D eigenvalue weighted by molar-refractivity contribution is 4.76. The van der Waals surface area contributed by atoms with Gasteiger partial charge in [-0.2, -0.15) is 0 Å². The normalized spacial score (nSPS) is 15.6. The summed E-state index contributed by atoms with van der Waals surface area (Å²) in [4.78, 5) is 0. The second-order valence-corrected chi connectivity index (χ2v) is 5.02. The monoisotopic (exact) mass is 206 g/mol. The molecule has 0 amide bonds. The van der Waals surface area contributed by atoms with Crippen molar-refractivity contribution in [1.82, 2.24) is 0 Å². The molecule has 0 aromatic heterocycles. The zero-order chi connectivity index (χ0) is 11.4. The van der Waals surface area contributed by atoms with Crippen molar-refractivity contribution in [3.05, 3.63) is 0 Å². The fourth-order valence-corrected chi connectivity index (χ4v) is 1.20. The number of aliphatic hydroxyl groups is 4. The Balaban J connectivity index is 4.17. The van der Waals surface area contributed by atoms with Crippen LogP contribution >= 0.6 is 0 Å². The number of hydrogen-bond donors (Lipinski definition) is 4. The van der Waals surface area contributed by atoms with Crippen molar-refractivity contribution in [1.29, 1.82) is 0 Å². The molecule has 0 fully saturated rings. The van der Waals surface area contributed by atoms with Crippen LogP contribution in [0.25, 0.3) is 0 Å². The van der Waals surface area contributed by atoms with Crippen molar-refractivity contribution in [2.24, 2.45) is 11.3 Å². The third kappa shape index (κ3) is 4.91. The summed E-state index contributed by atoms with van der Waals surface area (Å²) in [7, 11) is 0. The molecule has 0 radical (unpaired) electrons. The van der Waals surface area contributed by atoms with Crippen molar-refractivity contribution in [2.45, 2.75) is 39.4 Å². The summed E-state index contributed by atoms with van der Waals surface area (Å²) in [6.07, 6.45) is 1.24. The average Bonchev–Trinajstić information content (AvgIpc) is 2.03. The number of aliphatic hydroxyl groups excluding tert-OH is 2. The Kier molecular flexibility index (Phi) is 5.01. The van der Waals surface area contributed by atoms with Crippen LogP contribution in [0.1, 0.15) is 33.6 Å². The minimum Gasteiger partial charge on any atom is -0.396 e.